The average Bonchev–Trinajstić information content (AvgIpc) is 2.32. The lowest BCUT2D eigenvalue weighted by atomic mass is 10.0. The van der Waals surface area contributed by atoms with Gasteiger partial charge in [0.2, 0.25) is 0 Å². The molecule has 18 heavy (non-hydrogen) atoms. The van der Waals surface area contributed by atoms with Crippen molar-refractivity contribution in [3.63, 3.8) is 0 Å². The molecule has 0 aromatic heterocycles. The molecule has 1 aromatic carbocycles. The molecule has 1 aliphatic rings. The van der Waals surface area contributed by atoms with E-state index < -0.39 is 17.8 Å². The Kier molecular flexibility index (Phi) is 3.30. The molecule has 3 nitrogen and oxygen atoms in total. The van der Waals surface area contributed by atoms with Gasteiger partial charge in [-0.25, -0.2) is 0 Å². The highest BCUT2D eigenvalue weighted by Gasteiger charge is 2.33. The summed E-state index contributed by atoms with van der Waals surface area (Å²) in [6, 6.07) is 4.68. The number of hydrogen-bond acceptors (Lipinski definition) is 2. The van der Waals surface area contributed by atoms with Crippen LogP contribution in [0.25, 0.3) is 0 Å². The summed E-state index contributed by atoms with van der Waals surface area (Å²) < 4.78 is 43.0. The highest BCUT2D eigenvalue weighted by atomic mass is 19.4. The first kappa shape index (κ1) is 12.9. The lowest BCUT2D eigenvalue weighted by Gasteiger charge is -2.29. The van der Waals surface area contributed by atoms with Crippen molar-refractivity contribution in [2.24, 2.45) is 0 Å². The van der Waals surface area contributed by atoms with Crippen LogP contribution in [0, 0.1) is 0 Å². The van der Waals surface area contributed by atoms with Gasteiger partial charge in [0.05, 0.1) is 12.2 Å². The lowest BCUT2D eigenvalue weighted by Crippen LogP contribution is -2.40. The highest BCUT2D eigenvalue weighted by molar-refractivity contribution is 5.82. The van der Waals surface area contributed by atoms with Gasteiger partial charge in [0.15, 0.2) is 6.10 Å². The van der Waals surface area contributed by atoms with E-state index in [0.29, 0.717) is 13.2 Å². The molecular formula is C12H12F3NO2. The summed E-state index contributed by atoms with van der Waals surface area (Å²) in [6.07, 6.45) is -5.36. The van der Waals surface area contributed by atoms with Gasteiger partial charge in [0.1, 0.15) is 0 Å². The van der Waals surface area contributed by atoms with Gasteiger partial charge in [-0.05, 0) is 17.7 Å². The number of likely N-dealkylation sites (N-methyl/N-ethyl adjacent to an activating group) is 1. The Morgan fingerprint density at radius 3 is 2.78 bits per heavy atom. The van der Waals surface area contributed by atoms with Gasteiger partial charge in [0.25, 0.3) is 5.91 Å². The second-order valence-electron chi connectivity index (χ2n) is 4.13. The summed E-state index contributed by atoms with van der Waals surface area (Å²) in [7, 11) is 1.60. The first-order valence-corrected chi connectivity index (χ1v) is 5.43. The Morgan fingerprint density at radius 2 is 2.11 bits per heavy atom. The van der Waals surface area contributed by atoms with Gasteiger partial charge < -0.3 is 9.64 Å². The van der Waals surface area contributed by atoms with Crippen LogP contribution in [0.15, 0.2) is 24.3 Å². The van der Waals surface area contributed by atoms with Crippen molar-refractivity contribution in [3.8, 4) is 0 Å². The number of amides is 1. The fourth-order valence-electron chi connectivity index (χ4n) is 1.81. The monoisotopic (exact) mass is 259 g/mol. The molecule has 2 rings (SSSR count). The van der Waals surface area contributed by atoms with Crippen molar-refractivity contribution < 1.29 is 22.7 Å². The van der Waals surface area contributed by atoms with Gasteiger partial charge >= 0.3 is 6.18 Å². The molecule has 1 amide bonds. The minimum absolute atomic E-state index is 0.237. The largest absolute Gasteiger partial charge is 0.416 e. The molecule has 1 heterocycles. The lowest BCUT2D eigenvalue weighted by molar-refractivity contribution is -0.151. The molecule has 1 saturated heterocycles. The van der Waals surface area contributed by atoms with E-state index in [2.05, 4.69) is 0 Å². The second-order valence-corrected chi connectivity index (χ2v) is 4.13. The molecule has 0 aliphatic carbocycles. The predicted molar refractivity (Wildman–Crippen MR) is 57.8 cm³/mol. The highest BCUT2D eigenvalue weighted by Crippen LogP contribution is 2.32. The molecule has 0 radical (unpaired) electrons. The van der Waals surface area contributed by atoms with Crippen molar-refractivity contribution in [1.82, 2.24) is 4.90 Å². The molecule has 0 N–H and O–H groups in total. The van der Waals surface area contributed by atoms with Gasteiger partial charge in [-0.3, -0.25) is 4.79 Å². The Bertz CT molecular complexity index is 459. The number of morpholine rings is 1. The molecule has 1 aromatic rings. The molecular weight excluding hydrogens is 247 g/mol. The van der Waals surface area contributed by atoms with Crippen LogP contribution in [0.1, 0.15) is 17.2 Å². The zero-order chi connectivity index (χ0) is 13.3. The van der Waals surface area contributed by atoms with Gasteiger partial charge in [0, 0.05) is 13.6 Å². The van der Waals surface area contributed by atoms with E-state index >= 15 is 0 Å². The fourth-order valence-corrected chi connectivity index (χ4v) is 1.81. The SMILES string of the molecule is CN1CCOC(c2cccc(C(F)(F)F)c2)C1=O. The Morgan fingerprint density at radius 1 is 1.39 bits per heavy atom. The molecule has 98 valence electrons. The van der Waals surface area contributed by atoms with E-state index in [1.54, 1.807) is 7.05 Å². The number of benzene rings is 1. The third kappa shape index (κ3) is 2.48. The van der Waals surface area contributed by atoms with E-state index in [4.69, 9.17) is 4.74 Å². The third-order valence-corrected chi connectivity index (χ3v) is 2.83. The summed E-state index contributed by atoms with van der Waals surface area (Å²) in [6.45, 7) is 0.775. The minimum Gasteiger partial charge on any atom is -0.362 e. The number of carbonyl (C=O) groups excluding carboxylic acids is 1. The predicted octanol–water partition coefficient (Wildman–Crippen LogP) is 2.24. The van der Waals surface area contributed by atoms with E-state index in [0.717, 1.165) is 12.1 Å². The van der Waals surface area contributed by atoms with Gasteiger partial charge in [-0.15, -0.1) is 0 Å². The van der Waals surface area contributed by atoms with Crippen LogP contribution in [-0.2, 0) is 15.7 Å². The van der Waals surface area contributed by atoms with Gasteiger partial charge in [-0.1, -0.05) is 12.1 Å². The van der Waals surface area contributed by atoms with Crippen molar-refractivity contribution in [2.45, 2.75) is 12.3 Å². The second kappa shape index (κ2) is 4.61. The number of hydrogen-bond donors (Lipinski definition) is 0. The van der Waals surface area contributed by atoms with Crippen LogP contribution < -0.4 is 0 Å². The zero-order valence-electron chi connectivity index (χ0n) is 9.70. The van der Waals surface area contributed by atoms with Crippen molar-refractivity contribution in [1.29, 1.82) is 0 Å². The van der Waals surface area contributed by atoms with Crippen LogP contribution >= 0.6 is 0 Å². The Labute approximate surface area is 102 Å². The fraction of sp³-hybridized carbons (Fsp3) is 0.417. The number of alkyl halides is 3. The molecule has 1 atom stereocenters. The standard InChI is InChI=1S/C12H12F3NO2/c1-16-5-6-18-10(11(16)17)8-3-2-4-9(7-8)12(13,14)15/h2-4,7,10H,5-6H2,1H3. The maximum Gasteiger partial charge on any atom is 0.416 e. The maximum absolute atomic E-state index is 12.6. The summed E-state index contributed by atoms with van der Waals surface area (Å²) >= 11 is 0. The smallest absolute Gasteiger partial charge is 0.362 e. The molecule has 0 saturated carbocycles. The molecule has 0 spiro atoms. The van der Waals surface area contributed by atoms with Gasteiger partial charge in [-0.2, -0.15) is 13.2 Å². The van der Waals surface area contributed by atoms with E-state index in [1.807, 2.05) is 0 Å². The minimum atomic E-state index is -4.42. The normalized spacial score (nSPS) is 21.2. The van der Waals surface area contributed by atoms with Crippen LogP contribution in [-0.4, -0.2) is 31.0 Å². The Balaban J connectivity index is 2.31. The summed E-state index contributed by atoms with van der Waals surface area (Å²) in [5.41, 5.74) is -0.536. The summed E-state index contributed by atoms with van der Waals surface area (Å²) in [4.78, 5) is 13.3. The van der Waals surface area contributed by atoms with E-state index in [1.165, 1.54) is 17.0 Å². The summed E-state index contributed by atoms with van der Waals surface area (Å²) in [5, 5.41) is 0. The third-order valence-electron chi connectivity index (χ3n) is 2.83. The first-order chi connectivity index (χ1) is 8.39. The molecule has 6 heteroatoms. The number of carbonyl (C=O) groups is 1. The quantitative estimate of drug-likeness (QED) is 0.774. The maximum atomic E-state index is 12.6. The topological polar surface area (TPSA) is 29.5 Å². The van der Waals surface area contributed by atoms with Crippen LogP contribution in [0.5, 0.6) is 0 Å². The zero-order valence-corrected chi connectivity index (χ0v) is 9.70. The van der Waals surface area contributed by atoms with Crippen molar-refractivity contribution in [2.75, 3.05) is 20.2 Å². The Hall–Kier alpha value is -1.56. The molecule has 1 unspecified atom stereocenters. The van der Waals surface area contributed by atoms with Crippen molar-refractivity contribution >= 4 is 5.91 Å². The van der Waals surface area contributed by atoms with E-state index in [9.17, 15) is 18.0 Å². The average molecular weight is 259 g/mol. The molecule has 0 bridgehead atoms. The van der Waals surface area contributed by atoms with E-state index in [-0.39, 0.29) is 11.5 Å². The van der Waals surface area contributed by atoms with Crippen LogP contribution in [0.3, 0.4) is 0 Å². The number of nitrogens with zero attached hydrogens (tertiary/aromatic N) is 1. The molecule has 1 fully saturated rings. The first-order valence-electron chi connectivity index (χ1n) is 5.43. The number of rotatable bonds is 1. The number of ether oxygens (including phenoxy) is 1. The van der Waals surface area contributed by atoms with Crippen LogP contribution in [0.2, 0.25) is 0 Å². The van der Waals surface area contributed by atoms with Crippen molar-refractivity contribution in [3.05, 3.63) is 35.4 Å². The number of halogens is 3. The van der Waals surface area contributed by atoms with Crippen LogP contribution in [0.4, 0.5) is 13.2 Å². The molecule has 1 aliphatic heterocycles. The summed E-state index contributed by atoms with van der Waals surface area (Å²) in [5.74, 6) is -0.319.